The van der Waals surface area contributed by atoms with Crippen molar-refractivity contribution in [1.29, 1.82) is 0 Å². The number of carbonyl (C=O) groups excluding carboxylic acids is 2. The molecule has 0 saturated heterocycles. The number of fused-ring (bicyclic) bond motifs is 1. The van der Waals surface area contributed by atoms with Crippen molar-refractivity contribution in [3.8, 4) is 0 Å². The number of amides is 1. The van der Waals surface area contributed by atoms with Gasteiger partial charge in [0.2, 0.25) is 0 Å². The molecule has 0 aliphatic carbocycles. The second-order valence-corrected chi connectivity index (χ2v) is 7.09. The van der Waals surface area contributed by atoms with Crippen molar-refractivity contribution in [1.82, 2.24) is 14.9 Å². The summed E-state index contributed by atoms with van der Waals surface area (Å²) >= 11 is 0. The van der Waals surface area contributed by atoms with Gasteiger partial charge in [-0.25, -0.2) is 4.98 Å². The summed E-state index contributed by atoms with van der Waals surface area (Å²) in [7, 11) is 0. The second kappa shape index (κ2) is 8.26. The van der Waals surface area contributed by atoms with E-state index in [4.69, 9.17) is 0 Å². The Labute approximate surface area is 169 Å². The lowest BCUT2D eigenvalue weighted by Gasteiger charge is -2.20. The average molecular weight is 389 g/mol. The van der Waals surface area contributed by atoms with E-state index in [2.05, 4.69) is 20.0 Å². The Bertz CT molecular complexity index is 1060. The van der Waals surface area contributed by atoms with Crippen molar-refractivity contribution in [3.63, 3.8) is 0 Å². The smallest absolute Gasteiger partial charge is 0.267 e. The predicted octanol–water partition coefficient (Wildman–Crippen LogP) is 2.77. The molecule has 3 aromatic rings. The lowest BCUT2D eigenvalue weighted by atomic mass is 10.1. The van der Waals surface area contributed by atoms with Gasteiger partial charge < -0.3 is 9.88 Å². The van der Waals surface area contributed by atoms with Gasteiger partial charge in [0, 0.05) is 19.5 Å². The molecule has 1 atom stereocenters. The maximum absolute atomic E-state index is 12.6. The summed E-state index contributed by atoms with van der Waals surface area (Å²) in [5, 5.41) is 9.01. The molecule has 2 heterocycles. The second-order valence-electron chi connectivity index (χ2n) is 7.09. The van der Waals surface area contributed by atoms with Gasteiger partial charge in [-0.2, -0.15) is 5.10 Å². The fourth-order valence-electron chi connectivity index (χ4n) is 3.52. The molecule has 0 spiro atoms. The molecule has 29 heavy (non-hydrogen) atoms. The van der Waals surface area contributed by atoms with Crippen LogP contribution >= 0.6 is 0 Å². The number of nitrogens with zero attached hydrogens (tertiary/aromatic N) is 4. The Kier molecular flexibility index (Phi) is 5.37. The molecule has 0 bridgehead atoms. The van der Waals surface area contributed by atoms with Crippen LogP contribution in [0.15, 0.2) is 66.0 Å². The van der Waals surface area contributed by atoms with Gasteiger partial charge >= 0.3 is 0 Å². The number of hydrogen-bond donors (Lipinski definition) is 1. The highest BCUT2D eigenvalue weighted by molar-refractivity contribution is 6.40. The monoisotopic (exact) mass is 389 g/mol. The number of anilines is 1. The molecular weight excluding hydrogens is 366 g/mol. The minimum atomic E-state index is -0.435. The van der Waals surface area contributed by atoms with Gasteiger partial charge in [0.1, 0.15) is 11.8 Å². The summed E-state index contributed by atoms with van der Waals surface area (Å²) in [4.78, 5) is 29.0. The highest BCUT2D eigenvalue weighted by Crippen LogP contribution is 2.25. The Morgan fingerprint density at radius 3 is 2.66 bits per heavy atom. The quantitative estimate of drug-likeness (QED) is 0.630. The van der Waals surface area contributed by atoms with E-state index in [0.29, 0.717) is 18.7 Å². The molecule has 2 aromatic carbocycles. The third-order valence-electron chi connectivity index (χ3n) is 5.05. The Morgan fingerprint density at radius 1 is 1.10 bits per heavy atom. The number of rotatable bonds is 7. The number of aromatic nitrogens is 2. The van der Waals surface area contributed by atoms with Crippen molar-refractivity contribution in [3.05, 3.63) is 60.9 Å². The lowest BCUT2D eigenvalue weighted by molar-refractivity contribution is -0.118. The predicted molar refractivity (Wildman–Crippen MR) is 113 cm³/mol. The summed E-state index contributed by atoms with van der Waals surface area (Å²) in [6.07, 6.45) is 2.92. The minimum Gasteiger partial charge on any atom is -0.351 e. The summed E-state index contributed by atoms with van der Waals surface area (Å²) in [5.41, 5.74) is 3.25. The number of para-hydroxylation sites is 3. The topological polar surface area (TPSA) is 79.6 Å². The van der Waals surface area contributed by atoms with Crippen molar-refractivity contribution < 1.29 is 9.59 Å². The molecule has 1 unspecified atom stereocenters. The van der Waals surface area contributed by atoms with Crippen LogP contribution in [0.5, 0.6) is 0 Å². The van der Waals surface area contributed by atoms with Crippen LogP contribution in [-0.4, -0.2) is 39.5 Å². The third kappa shape index (κ3) is 4.03. The molecule has 1 aliphatic rings. The molecule has 148 valence electrons. The van der Waals surface area contributed by atoms with E-state index < -0.39 is 6.04 Å². The number of imidazole rings is 1. The van der Waals surface area contributed by atoms with E-state index in [1.165, 1.54) is 6.92 Å². The average Bonchev–Trinajstić information content (AvgIpc) is 3.37. The first-order valence-corrected chi connectivity index (χ1v) is 9.74. The highest BCUT2D eigenvalue weighted by Gasteiger charge is 2.33. The maximum atomic E-state index is 12.6. The number of ketones is 1. The summed E-state index contributed by atoms with van der Waals surface area (Å²) in [5.74, 6) is -0.224. The molecule has 1 amide bonds. The van der Waals surface area contributed by atoms with Crippen LogP contribution in [-0.2, 0) is 16.1 Å². The third-order valence-corrected chi connectivity index (χ3v) is 5.05. The Balaban J connectivity index is 1.35. The van der Waals surface area contributed by atoms with Gasteiger partial charge in [0.05, 0.1) is 23.0 Å². The number of hydrogen-bond acceptors (Lipinski definition) is 5. The molecule has 0 radical (unpaired) electrons. The zero-order chi connectivity index (χ0) is 20.2. The van der Waals surface area contributed by atoms with Crippen LogP contribution in [0.25, 0.3) is 11.0 Å². The first-order valence-electron chi connectivity index (χ1n) is 9.74. The zero-order valence-electron chi connectivity index (χ0n) is 16.3. The molecular formula is C22H23N5O2. The van der Waals surface area contributed by atoms with Crippen molar-refractivity contribution in [2.45, 2.75) is 32.4 Å². The molecule has 0 saturated carbocycles. The fraction of sp³-hybridized carbons (Fsp3) is 0.273. The van der Waals surface area contributed by atoms with E-state index in [9.17, 15) is 9.59 Å². The summed E-state index contributed by atoms with van der Waals surface area (Å²) in [6, 6.07) is 17.0. The van der Waals surface area contributed by atoms with Crippen molar-refractivity contribution >= 4 is 34.1 Å². The maximum Gasteiger partial charge on any atom is 0.267 e. The summed E-state index contributed by atoms with van der Waals surface area (Å²) in [6.45, 7) is 2.83. The van der Waals surface area contributed by atoms with Crippen molar-refractivity contribution in [2.24, 2.45) is 5.10 Å². The number of aryl methyl sites for hydroxylation is 1. The van der Waals surface area contributed by atoms with Crippen LogP contribution in [0.4, 0.5) is 5.69 Å². The number of hydrazone groups is 1. The van der Waals surface area contributed by atoms with Crippen LogP contribution in [0.2, 0.25) is 0 Å². The van der Waals surface area contributed by atoms with Gasteiger partial charge in [0.15, 0.2) is 5.78 Å². The molecule has 0 fully saturated rings. The molecule has 7 heteroatoms. The first kappa shape index (κ1) is 18.9. The molecule has 7 nitrogen and oxygen atoms in total. The highest BCUT2D eigenvalue weighted by atomic mass is 16.2. The zero-order valence-corrected chi connectivity index (χ0v) is 16.3. The van der Waals surface area contributed by atoms with Crippen LogP contribution in [0.1, 0.15) is 19.8 Å². The lowest BCUT2D eigenvalue weighted by Crippen LogP contribution is -2.34. The van der Waals surface area contributed by atoms with E-state index >= 15 is 0 Å². The van der Waals surface area contributed by atoms with Crippen molar-refractivity contribution in [2.75, 3.05) is 11.6 Å². The van der Waals surface area contributed by atoms with Gasteiger partial charge in [-0.05, 0) is 37.6 Å². The van der Waals surface area contributed by atoms with E-state index in [-0.39, 0.29) is 11.7 Å². The standard InChI is InChI=1S/C22H23N5O2/c1-16(28)21-14-19(25-27(21)17-8-3-2-4-9-17)22(29)23-12-7-13-26-15-24-18-10-5-6-11-20(18)26/h2-6,8-11,15,21H,7,12-14H2,1H3,(H,23,29). The number of Topliss-reactive ketones (excluding diaryl/α,β-unsaturated/α-hetero) is 1. The largest absolute Gasteiger partial charge is 0.351 e. The number of nitrogens with one attached hydrogen (secondary N) is 1. The Morgan fingerprint density at radius 2 is 1.86 bits per heavy atom. The fourth-order valence-corrected chi connectivity index (χ4v) is 3.52. The number of benzene rings is 2. The SMILES string of the molecule is CC(=O)C1CC(C(=O)NCCCn2cnc3ccccc32)=NN1c1ccccc1. The normalized spacial score (nSPS) is 16.1. The first-order chi connectivity index (χ1) is 14.1. The number of carbonyl (C=O) groups is 2. The van der Waals surface area contributed by atoms with Gasteiger partial charge in [0.25, 0.3) is 5.91 Å². The Hall–Kier alpha value is -3.48. The molecule has 1 aromatic heterocycles. The van der Waals surface area contributed by atoms with Crippen LogP contribution < -0.4 is 10.3 Å². The molecule has 1 N–H and O–H groups in total. The van der Waals surface area contributed by atoms with E-state index in [1.807, 2.05) is 60.9 Å². The van der Waals surface area contributed by atoms with Crippen LogP contribution in [0, 0.1) is 0 Å². The van der Waals surface area contributed by atoms with Gasteiger partial charge in [-0.15, -0.1) is 0 Å². The van der Waals surface area contributed by atoms with Crippen LogP contribution in [0.3, 0.4) is 0 Å². The van der Waals surface area contributed by atoms with Gasteiger partial charge in [-0.1, -0.05) is 30.3 Å². The summed E-state index contributed by atoms with van der Waals surface area (Å²) < 4.78 is 2.08. The molecule has 1 aliphatic heterocycles. The molecule has 4 rings (SSSR count). The van der Waals surface area contributed by atoms with E-state index in [0.717, 1.165) is 29.7 Å². The minimum absolute atomic E-state index is 0.00705. The van der Waals surface area contributed by atoms with Gasteiger partial charge in [-0.3, -0.25) is 14.6 Å². The van der Waals surface area contributed by atoms with E-state index in [1.54, 1.807) is 5.01 Å².